The summed E-state index contributed by atoms with van der Waals surface area (Å²) in [5.41, 5.74) is 44.1. The number of benzene rings is 12. The van der Waals surface area contributed by atoms with Gasteiger partial charge in [-0.25, -0.2) is 22.8 Å². The largest absolute Gasteiger partial charge is 0.220 e. The third-order valence-electron chi connectivity index (χ3n) is 26.3. The standard InChI is InChI=1S/C23H28N.C22H26N.C21H24N.2C19H20N.C17H16N/c1-15(2)11-19-7-8-21-20(14-19)9-10-24(6)23(21)22-13-16(3)12-17(4)18(22)5;1-14(2)18-7-8-20-19(13-18)9-10-23(6)22(20)21-12-15(3)11-16(4)17(21)5;1-13-10-15(3)17(5)18(11-13)20-12-16(4)21-14(2)8-7-9-19(21)22(20)6;2*1-13-11-14(2)15(3)18(12-13)19-17-8-6-5-7-16(17)9-10-20(19)4;1-13-7-3-5-9-15(13)17-16-10-6-4-8-14(16)11-12-18(17)2/h7-10,12-15H,11H2,1-6H3;7-14H,1-6H3;7-12H,1-6H3;2*5-12H,1-4H3;3-12H,1-2H3/q6*+1. The summed E-state index contributed by atoms with van der Waals surface area (Å²) in [4.78, 5) is 0. The minimum Gasteiger partial charge on any atom is -0.200 e. The van der Waals surface area contributed by atoms with Crippen molar-refractivity contribution in [2.75, 3.05) is 0 Å². The van der Waals surface area contributed by atoms with Crippen molar-refractivity contribution in [2.45, 2.75) is 165 Å². The highest BCUT2D eigenvalue weighted by Gasteiger charge is 2.26. The molecule has 0 fully saturated rings. The topological polar surface area (TPSA) is 23.3 Å². The van der Waals surface area contributed by atoms with Crippen molar-refractivity contribution in [2.24, 2.45) is 48.2 Å². The summed E-state index contributed by atoms with van der Waals surface area (Å²) in [5.74, 6) is 1.24. The molecule has 0 amide bonds. The Morgan fingerprint density at radius 2 is 0.551 bits per heavy atom. The van der Waals surface area contributed by atoms with Crippen LogP contribution in [0.1, 0.15) is 145 Å². The monoisotopic (exact) mass is 1670 g/mol. The highest BCUT2D eigenvalue weighted by Crippen LogP contribution is 2.38. The summed E-state index contributed by atoms with van der Waals surface area (Å²) in [6.45, 7) is 48.6. The maximum absolute atomic E-state index is 2.36. The fourth-order valence-electron chi connectivity index (χ4n) is 18.9. The quantitative estimate of drug-likeness (QED) is 0.129. The van der Waals surface area contributed by atoms with E-state index in [9.17, 15) is 0 Å². The fourth-order valence-corrected chi connectivity index (χ4v) is 18.9. The van der Waals surface area contributed by atoms with E-state index in [2.05, 4.69) is 502 Å². The van der Waals surface area contributed by atoms with Crippen LogP contribution in [0.3, 0.4) is 0 Å². The van der Waals surface area contributed by atoms with Crippen LogP contribution in [0.5, 0.6) is 0 Å². The molecule has 6 nitrogen and oxygen atoms in total. The number of aromatic nitrogens is 6. The van der Waals surface area contributed by atoms with E-state index in [4.69, 9.17) is 0 Å². The average Bonchev–Trinajstić information content (AvgIpc) is 0.437. The van der Waals surface area contributed by atoms with Crippen LogP contribution in [-0.4, -0.2) is 0 Å². The second-order valence-electron chi connectivity index (χ2n) is 37.0. The third kappa shape index (κ3) is 20.0. The van der Waals surface area contributed by atoms with E-state index >= 15 is 0 Å². The molecular formula is C121H134N6+6. The second-order valence-corrected chi connectivity index (χ2v) is 37.0. The third-order valence-corrected chi connectivity index (χ3v) is 26.3. The van der Waals surface area contributed by atoms with Gasteiger partial charge in [0.15, 0.2) is 31.0 Å². The average molecular weight is 1670 g/mol. The van der Waals surface area contributed by atoms with E-state index in [1.54, 1.807) is 0 Å². The molecule has 12 aromatic carbocycles. The fraction of sp³-hybridized carbons (Fsp3) is 0.256. The Morgan fingerprint density at radius 3 is 0.929 bits per heavy atom. The Bertz CT molecular complexity index is 7070. The first kappa shape index (κ1) is 91.8. The Hall–Kier alpha value is -12.9. The highest BCUT2D eigenvalue weighted by atomic mass is 15.0. The molecule has 0 atom stereocenters. The van der Waals surface area contributed by atoms with E-state index in [1.807, 2.05) is 0 Å². The first-order valence-electron chi connectivity index (χ1n) is 45.4. The summed E-state index contributed by atoms with van der Waals surface area (Å²) in [6.07, 6.45) is 11.9. The normalized spacial score (nSPS) is 11.2. The van der Waals surface area contributed by atoms with Crippen LogP contribution >= 0.6 is 0 Å². The molecule has 0 aliphatic carbocycles. The molecule has 0 saturated carbocycles. The zero-order chi connectivity index (χ0) is 91.3. The molecule has 18 aromatic rings. The summed E-state index contributed by atoms with van der Waals surface area (Å²) in [5, 5.41) is 14.5. The molecule has 0 bridgehead atoms. The lowest BCUT2D eigenvalue weighted by Gasteiger charge is -2.12. The molecule has 0 saturated heterocycles. The predicted octanol–water partition coefficient (Wildman–Crippen LogP) is 27.9. The molecule has 0 spiro atoms. The van der Waals surface area contributed by atoms with Gasteiger partial charge in [0.1, 0.15) is 42.3 Å². The van der Waals surface area contributed by atoms with Crippen LogP contribution < -0.4 is 27.4 Å². The Morgan fingerprint density at radius 1 is 0.236 bits per heavy atom. The SMILES string of the molecule is Cc1cc(C)c(C)c(-c2c3ccc(C(C)C)cc3cc[n+]2C)c1.Cc1cc(C)c(C)c(-c2c3ccc(CC(C)C)cc3cc[n+]2C)c1.Cc1cc(C)c(C)c(-c2c3ccccc3cc[n+]2C)c1.Cc1cc(C)c(C)c(-c2c3ccccc3cc[n+]2C)c1.Cc1cc(C)c(C)c(-c2cc(C)c3c(C)cccc3[n+]2C)c1.Cc1ccccc1-c1c2ccccc2cc[n+]1C. The van der Waals surface area contributed by atoms with Crippen molar-refractivity contribution in [3.8, 4) is 67.5 Å². The molecule has 6 heterocycles. The van der Waals surface area contributed by atoms with Crippen molar-refractivity contribution >= 4 is 64.8 Å². The van der Waals surface area contributed by atoms with Crippen molar-refractivity contribution in [1.29, 1.82) is 0 Å². The van der Waals surface area contributed by atoms with Crippen LogP contribution in [0.4, 0.5) is 0 Å². The Kier molecular flexibility index (Phi) is 28.4. The number of hydrogen-bond donors (Lipinski definition) is 0. The summed E-state index contributed by atoms with van der Waals surface area (Å²) < 4.78 is 13.5. The molecule has 642 valence electrons. The van der Waals surface area contributed by atoms with Crippen LogP contribution in [0, 0.1) is 131 Å². The molecule has 6 heteroatoms. The van der Waals surface area contributed by atoms with Gasteiger partial charge in [-0.15, -0.1) is 0 Å². The molecule has 127 heavy (non-hydrogen) atoms. The van der Waals surface area contributed by atoms with Gasteiger partial charge in [-0.05, 0) is 320 Å². The Labute approximate surface area is 758 Å². The van der Waals surface area contributed by atoms with Gasteiger partial charge in [0.05, 0.1) is 54.6 Å². The summed E-state index contributed by atoms with van der Waals surface area (Å²) >= 11 is 0. The number of aryl methyl sites for hydroxylation is 19. The maximum atomic E-state index is 2.36. The number of pyridine rings is 6. The smallest absolute Gasteiger partial charge is 0.200 e. The molecule has 0 radical (unpaired) electrons. The minimum atomic E-state index is 0.555. The van der Waals surface area contributed by atoms with E-state index < -0.39 is 0 Å². The van der Waals surface area contributed by atoms with E-state index in [0.29, 0.717) is 11.8 Å². The van der Waals surface area contributed by atoms with Crippen LogP contribution in [-0.2, 0) is 48.7 Å². The maximum Gasteiger partial charge on any atom is 0.220 e. The minimum absolute atomic E-state index is 0.555. The van der Waals surface area contributed by atoms with Crippen molar-refractivity contribution in [3.05, 3.63) is 391 Å². The van der Waals surface area contributed by atoms with Gasteiger partial charge in [0.25, 0.3) is 0 Å². The van der Waals surface area contributed by atoms with Gasteiger partial charge < -0.3 is 0 Å². The second kappa shape index (κ2) is 39.3. The summed E-state index contributed by atoms with van der Waals surface area (Å²) in [6, 6.07) is 90.8. The van der Waals surface area contributed by atoms with Crippen molar-refractivity contribution < 1.29 is 27.4 Å². The van der Waals surface area contributed by atoms with E-state index in [-0.39, 0.29) is 0 Å². The highest BCUT2D eigenvalue weighted by molar-refractivity contribution is 5.98. The number of fused-ring (bicyclic) bond motifs is 6. The summed E-state index contributed by atoms with van der Waals surface area (Å²) in [7, 11) is 12.8. The van der Waals surface area contributed by atoms with Gasteiger partial charge in [0.2, 0.25) is 39.7 Å². The van der Waals surface area contributed by atoms with Crippen molar-refractivity contribution in [3.63, 3.8) is 0 Å². The lowest BCUT2D eigenvalue weighted by molar-refractivity contribution is -0.659. The molecule has 0 N–H and O–H groups in total. The molecule has 18 rings (SSSR count). The van der Waals surface area contributed by atoms with Gasteiger partial charge in [0, 0.05) is 53.6 Å². The van der Waals surface area contributed by atoms with Crippen LogP contribution in [0.25, 0.3) is 132 Å². The van der Waals surface area contributed by atoms with Gasteiger partial charge in [-0.2, -0.15) is 4.57 Å². The van der Waals surface area contributed by atoms with E-state index in [1.165, 1.54) is 244 Å². The van der Waals surface area contributed by atoms with Gasteiger partial charge in [-0.3, -0.25) is 0 Å². The number of nitrogens with zero attached hydrogens (tertiary/aromatic N) is 6. The molecule has 0 aliphatic rings. The van der Waals surface area contributed by atoms with E-state index in [0.717, 1.165) is 6.42 Å². The molecule has 6 aromatic heterocycles. The predicted molar refractivity (Wildman–Crippen MR) is 541 cm³/mol. The van der Waals surface area contributed by atoms with Crippen LogP contribution in [0.15, 0.2) is 280 Å². The number of rotatable bonds is 9. The molecular weight excluding hydrogens is 1540 g/mol. The van der Waals surface area contributed by atoms with Crippen LogP contribution in [0.2, 0.25) is 0 Å². The number of hydrogen-bond acceptors (Lipinski definition) is 0. The van der Waals surface area contributed by atoms with Crippen molar-refractivity contribution in [1.82, 2.24) is 0 Å². The first-order valence-corrected chi connectivity index (χ1v) is 45.4. The lowest BCUT2D eigenvalue weighted by atomic mass is 9.93. The Balaban J connectivity index is 0.000000131. The molecule has 0 aliphatic heterocycles. The van der Waals surface area contributed by atoms with Gasteiger partial charge >= 0.3 is 0 Å². The lowest BCUT2D eigenvalue weighted by Crippen LogP contribution is -2.32. The zero-order valence-electron chi connectivity index (χ0n) is 81.1. The van der Waals surface area contributed by atoms with Gasteiger partial charge in [-0.1, -0.05) is 195 Å². The zero-order valence-corrected chi connectivity index (χ0v) is 81.1. The first-order chi connectivity index (χ1) is 60.6. The molecule has 0 unspecified atom stereocenters.